The van der Waals surface area contributed by atoms with E-state index in [0.717, 1.165) is 11.3 Å². The first kappa shape index (κ1) is 15.4. The highest BCUT2D eigenvalue weighted by atomic mass is 16.5. The third kappa shape index (κ3) is 3.74. The van der Waals surface area contributed by atoms with Crippen LogP contribution in [0.4, 0.5) is 0 Å². The third-order valence-electron chi connectivity index (χ3n) is 3.70. The standard InChI is InChI=1S/C16H22N2O3/c1-11(2)15-16(20)18(10-14(19)17-15)8-7-12-5-4-6-13(9-12)21-3/h4-6,9,11,15H,7-8,10H2,1-3H3,(H,17,19). The number of nitrogens with one attached hydrogen (secondary N) is 1. The lowest BCUT2D eigenvalue weighted by atomic mass is 10.0. The van der Waals surface area contributed by atoms with Crippen molar-refractivity contribution in [3.8, 4) is 5.75 Å². The fourth-order valence-electron chi connectivity index (χ4n) is 2.46. The van der Waals surface area contributed by atoms with Crippen LogP contribution in [-0.2, 0) is 16.0 Å². The Balaban J connectivity index is 2.01. The quantitative estimate of drug-likeness (QED) is 0.887. The zero-order valence-electron chi connectivity index (χ0n) is 12.8. The smallest absolute Gasteiger partial charge is 0.245 e. The summed E-state index contributed by atoms with van der Waals surface area (Å²) >= 11 is 0. The minimum Gasteiger partial charge on any atom is -0.497 e. The molecule has 0 spiro atoms. The highest BCUT2D eigenvalue weighted by molar-refractivity contribution is 5.94. The molecule has 1 heterocycles. The van der Waals surface area contributed by atoms with E-state index in [1.807, 2.05) is 38.1 Å². The van der Waals surface area contributed by atoms with Crippen LogP contribution in [-0.4, -0.2) is 43.0 Å². The van der Waals surface area contributed by atoms with Crippen LogP contribution in [0.1, 0.15) is 19.4 Å². The van der Waals surface area contributed by atoms with E-state index in [9.17, 15) is 9.59 Å². The molecule has 1 aromatic carbocycles. The average molecular weight is 290 g/mol. The molecule has 1 N–H and O–H groups in total. The van der Waals surface area contributed by atoms with E-state index in [0.29, 0.717) is 13.0 Å². The van der Waals surface area contributed by atoms with Gasteiger partial charge in [-0.15, -0.1) is 0 Å². The van der Waals surface area contributed by atoms with Gasteiger partial charge in [0.25, 0.3) is 0 Å². The van der Waals surface area contributed by atoms with Crippen LogP contribution in [0.25, 0.3) is 0 Å². The Morgan fingerprint density at radius 3 is 2.81 bits per heavy atom. The Morgan fingerprint density at radius 1 is 1.38 bits per heavy atom. The Morgan fingerprint density at radius 2 is 2.14 bits per heavy atom. The molecular weight excluding hydrogens is 268 g/mol. The zero-order valence-corrected chi connectivity index (χ0v) is 12.8. The van der Waals surface area contributed by atoms with E-state index in [2.05, 4.69) is 5.32 Å². The molecule has 1 atom stereocenters. The van der Waals surface area contributed by atoms with Gasteiger partial charge in [-0.3, -0.25) is 9.59 Å². The largest absolute Gasteiger partial charge is 0.497 e. The van der Waals surface area contributed by atoms with Gasteiger partial charge in [-0.1, -0.05) is 26.0 Å². The number of amides is 2. The Kier molecular flexibility index (Phi) is 4.83. The summed E-state index contributed by atoms with van der Waals surface area (Å²) in [6, 6.07) is 7.36. The molecule has 1 unspecified atom stereocenters. The van der Waals surface area contributed by atoms with Crippen molar-refractivity contribution in [2.45, 2.75) is 26.3 Å². The van der Waals surface area contributed by atoms with Crippen molar-refractivity contribution < 1.29 is 14.3 Å². The number of piperazine rings is 1. The van der Waals surface area contributed by atoms with Crippen LogP contribution >= 0.6 is 0 Å². The van der Waals surface area contributed by atoms with Gasteiger partial charge in [0.15, 0.2) is 0 Å². The van der Waals surface area contributed by atoms with Crippen molar-refractivity contribution in [1.29, 1.82) is 0 Å². The third-order valence-corrected chi connectivity index (χ3v) is 3.70. The SMILES string of the molecule is COc1cccc(CCN2CC(=O)NC(C(C)C)C2=O)c1. The molecule has 2 amide bonds. The van der Waals surface area contributed by atoms with Gasteiger partial charge in [-0.05, 0) is 30.0 Å². The van der Waals surface area contributed by atoms with Crippen molar-refractivity contribution in [3.63, 3.8) is 0 Å². The van der Waals surface area contributed by atoms with E-state index < -0.39 is 6.04 Å². The number of hydrogen-bond acceptors (Lipinski definition) is 3. The number of rotatable bonds is 5. The lowest BCUT2D eigenvalue weighted by Crippen LogP contribution is -2.60. The van der Waals surface area contributed by atoms with E-state index in [1.165, 1.54) is 0 Å². The molecule has 1 fully saturated rings. The molecule has 5 nitrogen and oxygen atoms in total. The molecular formula is C16H22N2O3. The maximum Gasteiger partial charge on any atom is 0.245 e. The van der Waals surface area contributed by atoms with Crippen LogP contribution in [0.2, 0.25) is 0 Å². The molecule has 2 rings (SSSR count). The van der Waals surface area contributed by atoms with Crippen molar-refractivity contribution in [1.82, 2.24) is 10.2 Å². The number of carbonyl (C=O) groups excluding carboxylic acids is 2. The molecule has 0 aliphatic carbocycles. The average Bonchev–Trinajstić information content (AvgIpc) is 2.47. The lowest BCUT2D eigenvalue weighted by molar-refractivity contribution is -0.145. The first-order chi connectivity index (χ1) is 10.0. The molecule has 1 aliphatic rings. The molecule has 0 saturated carbocycles. The van der Waals surface area contributed by atoms with Crippen LogP contribution in [0, 0.1) is 5.92 Å². The van der Waals surface area contributed by atoms with Gasteiger partial charge >= 0.3 is 0 Å². The predicted molar refractivity (Wildman–Crippen MR) is 80.0 cm³/mol. The number of benzene rings is 1. The topological polar surface area (TPSA) is 58.6 Å². The molecule has 0 radical (unpaired) electrons. The second-order valence-electron chi connectivity index (χ2n) is 5.65. The van der Waals surface area contributed by atoms with Crippen molar-refractivity contribution in [2.24, 2.45) is 5.92 Å². The summed E-state index contributed by atoms with van der Waals surface area (Å²) in [5.41, 5.74) is 1.09. The molecule has 1 aromatic rings. The maximum atomic E-state index is 12.3. The predicted octanol–water partition coefficient (Wildman–Crippen LogP) is 1.22. The molecule has 114 valence electrons. The summed E-state index contributed by atoms with van der Waals surface area (Å²) < 4.78 is 5.19. The number of methoxy groups -OCH3 is 1. The van der Waals surface area contributed by atoms with E-state index in [1.54, 1.807) is 12.0 Å². The highest BCUT2D eigenvalue weighted by Gasteiger charge is 2.33. The maximum absolute atomic E-state index is 12.3. The van der Waals surface area contributed by atoms with Gasteiger partial charge in [0.05, 0.1) is 13.7 Å². The summed E-state index contributed by atoms with van der Waals surface area (Å²) in [6.07, 6.45) is 0.709. The normalized spacial score (nSPS) is 18.9. The summed E-state index contributed by atoms with van der Waals surface area (Å²) in [5.74, 6) is 0.822. The number of nitrogens with zero attached hydrogens (tertiary/aromatic N) is 1. The van der Waals surface area contributed by atoms with Crippen LogP contribution < -0.4 is 10.1 Å². The van der Waals surface area contributed by atoms with Crippen LogP contribution in [0.5, 0.6) is 5.75 Å². The number of carbonyl (C=O) groups is 2. The molecule has 1 saturated heterocycles. The van der Waals surface area contributed by atoms with E-state index >= 15 is 0 Å². The fourth-order valence-corrected chi connectivity index (χ4v) is 2.46. The van der Waals surface area contributed by atoms with Gasteiger partial charge in [0.1, 0.15) is 11.8 Å². The van der Waals surface area contributed by atoms with Crippen molar-refractivity contribution >= 4 is 11.8 Å². The van der Waals surface area contributed by atoms with Crippen molar-refractivity contribution in [3.05, 3.63) is 29.8 Å². The van der Waals surface area contributed by atoms with Gasteiger partial charge in [-0.2, -0.15) is 0 Å². The summed E-state index contributed by atoms with van der Waals surface area (Å²) in [4.78, 5) is 25.7. The highest BCUT2D eigenvalue weighted by Crippen LogP contribution is 2.15. The first-order valence-corrected chi connectivity index (χ1v) is 7.22. The van der Waals surface area contributed by atoms with E-state index in [-0.39, 0.29) is 24.3 Å². The fraction of sp³-hybridized carbons (Fsp3) is 0.500. The van der Waals surface area contributed by atoms with Crippen LogP contribution in [0.3, 0.4) is 0 Å². The lowest BCUT2D eigenvalue weighted by Gasteiger charge is -2.34. The van der Waals surface area contributed by atoms with Gasteiger partial charge < -0.3 is 15.0 Å². The van der Waals surface area contributed by atoms with Crippen molar-refractivity contribution in [2.75, 3.05) is 20.2 Å². The summed E-state index contributed by atoms with van der Waals surface area (Å²) in [7, 11) is 1.63. The van der Waals surface area contributed by atoms with Gasteiger partial charge in [-0.25, -0.2) is 0 Å². The first-order valence-electron chi connectivity index (χ1n) is 7.22. The monoisotopic (exact) mass is 290 g/mol. The number of hydrogen-bond donors (Lipinski definition) is 1. The molecule has 5 heteroatoms. The van der Waals surface area contributed by atoms with E-state index in [4.69, 9.17) is 4.74 Å². The summed E-state index contributed by atoms with van der Waals surface area (Å²) in [6.45, 7) is 4.57. The minimum atomic E-state index is -0.406. The van der Waals surface area contributed by atoms with Gasteiger partial charge in [0.2, 0.25) is 11.8 Å². The van der Waals surface area contributed by atoms with Crippen LogP contribution in [0.15, 0.2) is 24.3 Å². The Bertz CT molecular complexity index is 528. The summed E-state index contributed by atoms with van der Waals surface area (Å²) in [5, 5.41) is 2.76. The second-order valence-corrected chi connectivity index (χ2v) is 5.65. The molecule has 21 heavy (non-hydrogen) atoms. The molecule has 0 bridgehead atoms. The Labute approximate surface area is 125 Å². The van der Waals surface area contributed by atoms with Gasteiger partial charge in [0, 0.05) is 6.54 Å². The molecule has 1 aliphatic heterocycles. The second kappa shape index (κ2) is 6.61. The molecule has 0 aromatic heterocycles. The Hall–Kier alpha value is -2.04. The number of ether oxygens (including phenoxy) is 1. The minimum absolute atomic E-state index is 0.00694. The zero-order chi connectivity index (χ0) is 15.4.